The number of aromatic amines is 1. The Labute approximate surface area is 221 Å². The standard InChI is InChI=1S/C22H20IN3O4.C2HF3O2/c23-14-1-6-17-18(11-14)19(21(28)25-20(17)27)12-24-15-2-4-16(5-3-15)26-9-7-13(8-10-26)22(29)30;3-2(4,5)1(6)7/h1-6,11-13H,7-10H2,(H,29,30)(H2,25,27,28);(H,6,7). The van der Waals surface area contributed by atoms with Crippen LogP contribution in [-0.2, 0) is 9.59 Å². The fourth-order valence-corrected chi connectivity index (χ4v) is 4.20. The summed E-state index contributed by atoms with van der Waals surface area (Å²) in [6.07, 6.45) is -2.24. The van der Waals surface area contributed by atoms with Crippen LogP contribution in [-0.4, -0.2) is 57.7 Å². The van der Waals surface area contributed by atoms with Crippen molar-refractivity contribution in [3.05, 3.63) is 62.0 Å². The van der Waals surface area contributed by atoms with Crippen LogP contribution in [0.1, 0.15) is 18.4 Å². The van der Waals surface area contributed by atoms with Crippen LogP contribution in [0.25, 0.3) is 10.8 Å². The molecular formula is C24H21F3IN3O6. The molecule has 0 saturated carbocycles. The topological polar surface area (TPSA) is 143 Å². The summed E-state index contributed by atoms with van der Waals surface area (Å²) in [6.45, 7) is 1.44. The van der Waals surface area contributed by atoms with Crippen LogP contribution in [0, 0.1) is 9.49 Å². The van der Waals surface area contributed by atoms with Crippen molar-refractivity contribution < 1.29 is 38.1 Å². The highest BCUT2D eigenvalue weighted by Crippen LogP contribution is 2.27. The number of hydrogen-bond donors (Lipinski definition) is 4. The van der Waals surface area contributed by atoms with E-state index in [-0.39, 0.29) is 17.4 Å². The highest BCUT2D eigenvalue weighted by molar-refractivity contribution is 14.1. The number of aromatic hydroxyl groups is 1. The van der Waals surface area contributed by atoms with Gasteiger partial charge in [-0.3, -0.25) is 19.6 Å². The summed E-state index contributed by atoms with van der Waals surface area (Å²) in [5.74, 6) is -3.94. The van der Waals surface area contributed by atoms with Crippen LogP contribution in [0.5, 0.6) is 5.88 Å². The molecule has 0 bridgehead atoms. The molecule has 1 fully saturated rings. The first-order valence-electron chi connectivity index (χ1n) is 10.8. The number of hydrogen-bond acceptors (Lipinski definition) is 6. The molecule has 1 aliphatic heterocycles. The van der Waals surface area contributed by atoms with E-state index >= 15 is 0 Å². The Morgan fingerprint density at radius 2 is 1.65 bits per heavy atom. The molecule has 0 amide bonds. The lowest BCUT2D eigenvalue weighted by atomic mass is 9.97. The van der Waals surface area contributed by atoms with Crippen molar-refractivity contribution in [3.63, 3.8) is 0 Å². The van der Waals surface area contributed by atoms with E-state index in [0.717, 1.165) is 22.3 Å². The molecule has 0 unspecified atom stereocenters. The van der Waals surface area contributed by atoms with E-state index in [1.165, 1.54) is 0 Å². The minimum absolute atomic E-state index is 0.212. The van der Waals surface area contributed by atoms with Gasteiger partial charge in [-0.1, -0.05) is 0 Å². The van der Waals surface area contributed by atoms with Gasteiger partial charge in [-0.15, -0.1) is 0 Å². The van der Waals surface area contributed by atoms with Gasteiger partial charge in [-0.25, -0.2) is 4.79 Å². The second kappa shape index (κ2) is 11.6. The van der Waals surface area contributed by atoms with Gasteiger partial charge in [0.15, 0.2) is 0 Å². The normalized spacial score (nSPS) is 14.4. The average Bonchev–Trinajstić information content (AvgIpc) is 2.84. The number of carbonyl (C=O) groups is 2. The van der Waals surface area contributed by atoms with Crippen LogP contribution >= 0.6 is 22.6 Å². The number of H-pyrrole nitrogens is 1. The Kier molecular flexibility index (Phi) is 8.78. The monoisotopic (exact) mass is 631 g/mol. The lowest BCUT2D eigenvalue weighted by molar-refractivity contribution is -0.192. The van der Waals surface area contributed by atoms with E-state index in [9.17, 15) is 27.9 Å². The first kappa shape index (κ1) is 28.0. The maximum Gasteiger partial charge on any atom is 0.490 e. The van der Waals surface area contributed by atoms with E-state index in [1.807, 2.05) is 36.4 Å². The van der Waals surface area contributed by atoms with Crippen LogP contribution in [0.2, 0.25) is 0 Å². The molecule has 4 rings (SSSR count). The summed E-state index contributed by atoms with van der Waals surface area (Å²) in [4.78, 5) is 41.2. The molecule has 4 N–H and O–H groups in total. The predicted molar refractivity (Wildman–Crippen MR) is 139 cm³/mol. The van der Waals surface area contributed by atoms with Gasteiger partial charge in [-0.05, 0) is 77.9 Å². The number of alkyl halides is 3. The number of nitrogens with zero attached hydrogens (tertiary/aromatic N) is 2. The number of carboxylic acid groups (broad SMARTS) is 2. The maximum atomic E-state index is 12.1. The number of nitrogens with one attached hydrogen (secondary N) is 1. The Balaban J connectivity index is 0.000000479. The summed E-state index contributed by atoms with van der Waals surface area (Å²) in [5, 5.41) is 27.6. The third-order valence-electron chi connectivity index (χ3n) is 5.65. The number of benzene rings is 2. The van der Waals surface area contributed by atoms with Crippen LogP contribution in [0.4, 0.5) is 24.5 Å². The number of carboxylic acids is 2. The zero-order chi connectivity index (χ0) is 27.3. The van der Waals surface area contributed by atoms with E-state index in [1.54, 1.807) is 12.3 Å². The van der Waals surface area contributed by atoms with E-state index < -0.39 is 18.1 Å². The molecule has 0 radical (unpaired) electrons. The molecule has 1 aliphatic rings. The Hall–Kier alpha value is -3.62. The number of anilines is 1. The molecule has 3 aromatic rings. The Bertz CT molecular complexity index is 1380. The van der Waals surface area contributed by atoms with Crippen LogP contribution < -0.4 is 10.5 Å². The minimum Gasteiger partial charge on any atom is -0.494 e. The number of fused-ring (bicyclic) bond motifs is 1. The number of aliphatic imine (C=N–C) groups is 1. The number of halogens is 4. The van der Waals surface area contributed by atoms with Crippen molar-refractivity contribution in [2.24, 2.45) is 10.9 Å². The SMILES string of the molecule is O=C(O)C(F)(F)F.O=C(O)C1CCN(c2ccc(N=Cc3c(O)[nH]c(=O)c4ccc(I)cc34)cc2)CC1. The molecule has 9 nitrogen and oxygen atoms in total. The number of pyridine rings is 1. The van der Waals surface area contributed by atoms with Crippen LogP contribution in [0.15, 0.2) is 52.3 Å². The first-order valence-corrected chi connectivity index (χ1v) is 11.9. The van der Waals surface area contributed by atoms with Crippen molar-refractivity contribution >= 4 is 62.9 Å². The molecule has 0 aliphatic carbocycles. The van der Waals surface area contributed by atoms with Crippen molar-refractivity contribution in [1.29, 1.82) is 0 Å². The van der Waals surface area contributed by atoms with Crippen molar-refractivity contribution in [2.45, 2.75) is 19.0 Å². The summed E-state index contributed by atoms with van der Waals surface area (Å²) in [6, 6.07) is 13.1. The third-order valence-corrected chi connectivity index (χ3v) is 6.32. The second-order valence-electron chi connectivity index (χ2n) is 8.08. The zero-order valence-electron chi connectivity index (χ0n) is 19.0. The third kappa shape index (κ3) is 7.21. The smallest absolute Gasteiger partial charge is 0.490 e. The Morgan fingerprint density at radius 3 is 2.19 bits per heavy atom. The van der Waals surface area contributed by atoms with Gasteiger partial charge in [0.1, 0.15) is 0 Å². The largest absolute Gasteiger partial charge is 0.494 e. The van der Waals surface area contributed by atoms with E-state index in [0.29, 0.717) is 34.9 Å². The summed E-state index contributed by atoms with van der Waals surface area (Å²) < 4.78 is 32.7. The lowest BCUT2D eigenvalue weighted by Crippen LogP contribution is -2.36. The quantitative estimate of drug-likeness (QED) is 0.245. The molecule has 13 heteroatoms. The minimum atomic E-state index is -5.08. The molecule has 2 heterocycles. The fourth-order valence-electron chi connectivity index (χ4n) is 3.71. The Morgan fingerprint density at radius 1 is 1.05 bits per heavy atom. The zero-order valence-corrected chi connectivity index (χ0v) is 21.2. The molecule has 1 aromatic heterocycles. The average molecular weight is 631 g/mol. The fraction of sp³-hybridized carbons (Fsp3) is 0.250. The molecule has 1 saturated heterocycles. The van der Waals surface area contributed by atoms with Gasteiger partial charge in [0, 0.05) is 39.3 Å². The van der Waals surface area contributed by atoms with Gasteiger partial charge in [0.05, 0.1) is 17.2 Å². The number of rotatable bonds is 4. The van der Waals surface area contributed by atoms with Crippen molar-refractivity contribution in [2.75, 3.05) is 18.0 Å². The maximum absolute atomic E-state index is 12.1. The van der Waals surface area contributed by atoms with E-state index in [4.69, 9.17) is 15.0 Å². The summed E-state index contributed by atoms with van der Waals surface area (Å²) in [7, 11) is 0. The number of piperidine rings is 1. The lowest BCUT2D eigenvalue weighted by Gasteiger charge is -2.31. The van der Waals surface area contributed by atoms with E-state index in [2.05, 4.69) is 37.5 Å². The van der Waals surface area contributed by atoms with Crippen LogP contribution in [0.3, 0.4) is 0 Å². The molecule has 37 heavy (non-hydrogen) atoms. The van der Waals surface area contributed by atoms with Gasteiger partial charge in [0.25, 0.3) is 5.56 Å². The number of aromatic nitrogens is 1. The summed E-state index contributed by atoms with van der Waals surface area (Å²) >= 11 is 2.16. The molecular weight excluding hydrogens is 610 g/mol. The first-order chi connectivity index (χ1) is 17.4. The van der Waals surface area contributed by atoms with Crippen molar-refractivity contribution in [1.82, 2.24) is 4.98 Å². The van der Waals surface area contributed by atoms with Gasteiger partial charge < -0.3 is 20.2 Å². The van der Waals surface area contributed by atoms with Crippen molar-refractivity contribution in [3.8, 4) is 5.88 Å². The van der Waals surface area contributed by atoms with Gasteiger partial charge in [0.2, 0.25) is 5.88 Å². The molecule has 0 spiro atoms. The molecule has 2 aromatic carbocycles. The predicted octanol–water partition coefficient (Wildman–Crippen LogP) is 4.52. The molecule has 196 valence electrons. The van der Waals surface area contributed by atoms with Gasteiger partial charge >= 0.3 is 18.1 Å². The van der Waals surface area contributed by atoms with Gasteiger partial charge in [-0.2, -0.15) is 13.2 Å². The molecule has 0 atom stereocenters. The highest BCUT2D eigenvalue weighted by atomic mass is 127. The summed E-state index contributed by atoms with van der Waals surface area (Å²) in [5.41, 5.74) is 1.86. The second-order valence-corrected chi connectivity index (χ2v) is 9.33. The number of aliphatic carboxylic acids is 2. The highest BCUT2D eigenvalue weighted by Gasteiger charge is 2.38.